The first-order valence-corrected chi connectivity index (χ1v) is 7.44. The van der Waals surface area contributed by atoms with Gasteiger partial charge >= 0.3 is 5.97 Å². The smallest absolute Gasteiger partial charge is 0.337 e. The Labute approximate surface area is 143 Å². The van der Waals surface area contributed by atoms with Crippen molar-refractivity contribution in [2.45, 2.75) is 6.42 Å². The van der Waals surface area contributed by atoms with E-state index in [2.05, 4.69) is 10.1 Å². The molecule has 128 valence electrons. The van der Waals surface area contributed by atoms with Crippen LogP contribution in [0.25, 0.3) is 0 Å². The molecule has 25 heavy (non-hydrogen) atoms. The number of esters is 1. The lowest BCUT2D eigenvalue weighted by Crippen LogP contribution is -2.20. The molecule has 0 spiro atoms. The summed E-state index contributed by atoms with van der Waals surface area (Å²) in [6.45, 7) is 0. The number of ether oxygens (including phenoxy) is 1. The molecule has 8 heteroatoms. The third kappa shape index (κ3) is 3.01. The molecule has 1 N–H and O–H groups in total. The Bertz CT molecular complexity index is 894. The maximum Gasteiger partial charge on any atom is 0.337 e. The van der Waals surface area contributed by atoms with Crippen LogP contribution >= 0.6 is 0 Å². The zero-order valence-corrected chi connectivity index (χ0v) is 13.6. The van der Waals surface area contributed by atoms with Gasteiger partial charge in [0.15, 0.2) is 0 Å². The number of benzene rings is 2. The predicted molar refractivity (Wildman–Crippen MR) is 91.3 cm³/mol. The van der Waals surface area contributed by atoms with Crippen molar-refractivity contribution in [3.8, 4) is 0 Å². The molecular weight excluding hydrogens is 326 g/mol. The second kappa shape index (κ2) is 6.23. The number of hydrogen-bond donors (Lipinski definition) is 1. The standard InChI is InChI=1S/C17H15N3O5/c1-19-14-6-4-12(7-11(14)9-16(19)21)18-13-8-10(17(22)25-2)3-5-15(13)20(23)24/h3-8,18H,9H2,1-2H3. The second-order valence-corrected chi connectivity index (χ2v) is 5.58. The van der Waals surface area contributed by atoms with Crippen LogP contribution in [0.4, 0.5) is 22.7 Å². The number of carbonyl (C=O) groups excluding carboxylic acids is 2. The summed E-state index contributed by atoms with van der Waals surface area (Å²) in [4.78, 5) is 35.7. The number of anilines is 3. The molecule has 8 nitrogen and oxygen atoms in total. The topological polar surface area (TPSA) is 102 Å². The van der Waals surface area contributed by atoms with Gasteiger partial charge in [-0.1, -0.05) is 0 Å². The Morgan fingerprint density at radius 3 is 2.72 bits per heavy atom. The fourth-order valence-electron chi connectivity index (χ4n) is 2.74. The van der Waals surface area contributed by atoms with Crippen molar-refractivity contribution in [3.63, 3.8) is 0 Å². The van der Waals surface area contributed by atoms with E-state index in [0.29, 0.717) is 5.69 Å². The van der Waals surface area contributed by atoms with Gasteiger partial charge in [0.2, 0.25) is 5.91 Å². The second-order valence-electron chi connectivity index (χ2n) is 5.58. The summed E-state index contributed by atoms with van der Waals surface area (Å²) in [5.41, 5.74) is 2.45. The molecule has 0 fully saturated rings. The van der Waals surface area contributed by atoms with Crippen molar-refractivity contribution >= 4 is 34.6 Å². The molecule has 0 atom stereocenters. The van der Waals surface area contributed by atoms with E-state index in [1.54, 1.807) is 30.1 Å². The zero-order valence-electron chi connectivity index (χ0n) is 13.6. The number of likely N-dealkylation sites (N-methyl/N-ethyl adjacent to an activating group) is 1. The Balaban J connectivity index is 1.97. The summed E-state index contributed by atoms with van der Waals surface area (Å²) in [5, 5.41) is 14.2. The van der Waals surface area contributed by atoms with Crippen LogP contribution in [0.2, 0.25) is 0 Å². The van der Waals surface area contributed by atoms with Gasteiger partial charge in [0.05, 0.1) is 24.0 Å². The van der Waals surface area contributed by atoms with Crippen LogP contribution in [-0.2, 0) is 16.0 Å². The molecule has 0 radical (unpaired) electrons. The molecule has 2 aromatic carbocycles. The number of methoxy groups -OCH3 is 1. The van der Waals surface area contributed by atoms with E-state index in [-0.39, 0.29) is 29.3 Å². The van der Waals surface area contributed by atoms with E-state index in [4.69, 9.17) is 0 Å². The number of nitro benzene ring substituents is 1. The first kappa shape index (κ1) is 16.4. The highest BCUT2D eigenvalue weighted by atomic mass is 16.6. The number of nitrogens with zero attached hydrogens (tertiary/aromatic N) is 2. The third-order valence-electron chi connectivity index (χ3n) is 4.05. The van der Waals surface area contributed by atoms with Gasteiger partial charge in [0, 0.05) is 24.5 Å². The lowest BCUT2D eigenvalue weighted by atomic mass is 10.1. The summed E-state index contributed by atoms with van der Waals surface area (Å²) in [6, 6.07) is 9.23. The van der Waals surface area contributed by atoms with Gasteiger partial charge in [-0.25, -0.2) is 4.79 Å². The third-order valence-corrected chi connectivity index (χ3v) is 4.05. The molecule has 1 aliphatic heterocycles. The molecule has 0 bridgehead atoms. The minimum Gasteiger partial charge on any atom is -0.465 e. The average Bonchev–Trinajstić information content (AvgIpc) is 2.87. The zero-order chi connectivity index (χ0) is 18.1. The molecule has 1 aliphatic rings. The highest BCUT2D eigenvalue weighted by Crippen LogP contribution is 2.33. The van der Waals surface area contributed by atoms with Crippen molar-refractivity contribution in [3.05, 3.63) is 57.6 Å². The van der Waals surface area contributed by atoms with E-state index in [1.165, 1.54) is 25.3 Å². The fourth-order valence-corrected chi connectivity index (χ4v) is 2.74. The van der Waals surface area contributed by atoms with Crippen molar-refractivity contribution in [2.75, 3.05) is 24.4 Å². The number of fused-ring (bicyclic) bond motifs is 1. The maximum atomic E-state index is 11.8. The molecule has 0 saturated carbocycles. The minimum atomic E-state index is -0.584. The molecule has 1 amide bonds. The van der Waals surface area contributed by atoms with Crippen LogP contribution in [0, 0.1) is 10.1 Å². The molecule has 0 aliphatic carbocycles. The van der Waals surface area contributed by atoms with Crippen LogP contribution in [0.3, 0.4) is 0 Å². The number of hydrogen-bond acceptors (Lipinski definition) is 6. The number of carbonyl (C=O) groups is 2. The summed E-state index contributed by atoms with van der Waals surface area (Å²) in [7, 11) is 2.94. The number of amides is 1. The summed E-state index contributed by atoms with van der Waals surface area (Å²) >= 11 is 0. The highest BCUT2D eigenvalue weighted by Gasteiger charge is 2.24. The largest absolute Gasteiger partial charge is 0.465 e. The van der Waals surface area contributed by atoms with Crippen molar-refractivity contribution in [1.29, 1.82) is 0 Å². The normalized spacial score (nSPS) is 12.7. The van der Waals surface area contributed by atoms with Gasteiger partial charge in [-0.2, -0.15) is 0 Å². The van der Waals surface area contributed by atoms with Crippen LogP contribution in [0.15, 0.2) is 36.4 Å². The first-order chi connectivity index (χ1) is 11.9. The summed E-state index contributed by atoms with van der Waals surface area (Å²) in [5.74, 6) is -0.593. The molecule has 0 aromatic heterocycles. The fraction of sp³-hybridized carbons (Fsp3) is 0.176. The minimum absolute atomic E-state index is 0.00850. The SMILES string of the molecule is COC(=O)c1ccc([N+](=O)[O-])c(Nc2ccc3c(c2)CC(=O)N3C)c1. The lowest BCUT2D eigenvalue weighted by molar-refractivity contribution is -0.383. The molecule has 1 heterocycles. The Kier molecular flexibility index (Phi) is 4.10. The van der Waals surface area contributed by atoms with E-state index >= 15 is 0 Å². The van der Waals surface area contributed by atoms with Crippen molar-refractivity contribution in [2.24, 2.45) is 0 Å². The van der Waals surface area contributed by atoms with Crippen LogP contribution in [0.1, 0.15) is 15.9 Å². The number of nitrogens with one attached hydrogen (secondary N) is 1. The van der Waals surface area contributed by atoms with Crippen LogP contribution in [-0.4, -0.2) is 31.0 Å². The van der Waals surface area contributed by atoms with Crippen LogP contribution < -0.4 is 10.2 Å². The lowest BCUT2D eigenvalue weighted by Gasteiger charge is -2.12. The van der Waals surface area contributed by atoms with Gasteiger partial charge in [-0.05, 0) is 35.9 Å². The van der Waals surface area contributed by atoms with E-state index in [0.717, 1.165) is 11.3 Å². The van der Waals surface area contributed by atoms with Gasteiger partial charge in [0.25, 0.3) is 5.69 Å². The van der Waals surface area contributed by atoms with E-state index in [1.807, 2.05) is 0 Å². The predicted octanol–water partition coefficient (Wildman–Crippen LogP) is 2.64. The Hall–Kier alpha value is -3.42. The first-order valence-electron chi connectivity index (χ1n) is 7.44. The monoisotopic (exact) mass is 341 g/mol. The highest BCUT2D eigenvalue weighted by molar-refractivity contribution is 6.01. The van der Waals surface area contributed by atoms with Gasteiger partial charge < -0.3 is 15.0 Å². The quantitative estimate of drug-likeness (QED) is 0.521. The number of nitro groups is 1. The van der Waals surface area contributed by atoms with Crippen molar-refractivity contribution < 1.29 is 19.2 Å². The molecule has 0 saturated heterocycles. The Morgan fingerprint density at radius 2 is 2.04 bits per heavy atom. The summed E-state index contributed by atoms with van der Waals surface area (Å²) in [6.07, 6.45) is 0.283. The Morgan fingerprint density at radius 1 is 1.28 bits per heavy atom. The van der Waals surface area contributed by atoms with E-state index < -0.39 is 10.9 Å². The summed E-state index contributed by atoms with van der Waals surface area (Å²) < 4.78 is 4.65. The average molecular weight is 341 g/mol. The van der Waals surface area contributed by atoms with Gasteiger partial charge in [0.1, 0.15) is 5.69 Å². The van der Waals surface area contributed by atoms with Gasteiger partial charge in [-0.3, -0.25) is 14.9 Å². The number of rotatable bonds is 4. The molecular formula is C17H15N3O5. The van der Waals surface area contributed by atoms with Crippen LogP contribution in [0.5, 0.6) is 0 Å². The van der Waals surface area contributed by atoms with Gasteiger partial charge in [-0.15, -0.1) is 0 Å². The molecule has 2 aromatic rings. The van der Waals surface area contributed by atoms with Crippen molar-refractivity contribution in [1.82, 2.24) is 0 Å². The molecule has 0 unspecified atom stereocenters. The maximum absolute atomic E-state index is 11.8. The van der Waals surface area contributed by atoms with E-state index in [9.17, 15) is 19.7 Å². The molecule has 3 rings (SSSR count).